The zero-order chi connectivity index (χ0) is 10.7. The summed E-state index contributed by atoms with van der Waals surface area (Å²) in [7, 11) is 2.46. The third-order valence-corrected chi connectivity index (χ3v) is 2.16. The number of carbonyl (C=O) groups excluding carboxylic acids is 2. The van der Waals surface area contributed by atoms with Crippen molar-refractivity contribution in [3.8, 4) is 0 Å². The molecule has 0 unspecified atom stereocenters. The summed E-state index contributed by atoms with van der Waals surface area (Å²) in [6.07, 6.45) is -1.13. The number of aliphatic hydroxyl groups excluding tert-OH is 1. The van der Waals surface area contributed by atoms with Gasteiger partial charge in [0, 0.05) is 6.42 Å². The average Bonchev–Trinajstić information content (AvgIpc) is 2.58. The van der Waals surface area contributed by atoms with Gasteiger partial charge in [-0.25, -0.2) is 9.59 Å². The maximum Gasteiger partial charge on any atom is 0.410 e. The second-order valence-corrected chi connectivity index (χ2v) is 3.05. The summed E-state index contributed by atoms with van der Waals surface area (Å²) in [6, 6.07) is -0.734. The molecule has 0 aromatic carbocycles. The number of ether oxygens (including phenoxy) is 2. The molecule has 1 rings (SSSR count). The van der Waals surface area contributed by atoms with Crippen LogP contribution in [0.2, 0.25) is 0 Å². The number of carbonyl (C=O) groups is 2. The molecule has 14 heavy (non-hydrogen) atoms. The van der Waals surface area contributed by atoms with Gasteiger partial charge in [0.25, 0.3) is 0 Å². The second-order valence-electron chi connectivity index (χ2n) is 3.05. The fraction of sp³-hybridized carbons (Fsp3) is 0.750. The highest BCUT2D eigenvalue weighted by molar-refractivity contribution is 5.82. The van der Waals surface area contributed by atoms with Crippen molar-refractivity contribution in [2.24, 2.45) is 0 Å². The summed E-state index contributed by atoms with van der Waals surface area (Å²) in [5.74, 6) is -0.535. The lowest BCUT2D eigenvalue weighted by atomic mass is 10.2. The Bertz CT molecular complexity index is 218. The topological polar surface area (TPSA) is 76.1 Å². The van der Waals surface area contributed by atoms with Gasteiger partial charge >= 0.3 is 12.1 Å². The maximum atomic E-state index is 11.2. The highest BCUT2D eigenvalue weighted by atomic mass is 16.5. The molecule has 1 aliphatic heterocycles. The van der Waals surface area contributed by atoms with E-state index in [9.17, 15) is 14.7 Å². The monoisotopic (exact) mass is 203 g/mol. The van der Waals surface area contributed by atoms with E-state index in [0.29, 0.717) is 0 Å². The molecule has 0 radical (unpaired) electrons. The van der Waals surface area contributed by atoms with Gasteiger partial charge in [0.1, 0.15) is 6.04 Å². The normalized spacial score (nSPS) is 26.1. The number of hydrogen-bond acceptors (Lipinski definition) is 5. The van der Waals surface area contributed by atoms with Crippen LogP contribution in [0.25, 0.3) is 0 Å². The first-order chi connectivity index (χ1) is 6.60. The molecule has 1 amide bonds. The smallest absolute Gasteiger partial charge is 0.410 e. The number of esters is 1. The highest BCUT2D eigenvalue weighted by Gasteiger charge is 2.40. The van der Waals surface area contributed by atoms with Gasteiger partial charge in [-0.3, -0.25) is 4.90 Å². The number of aliphatic hydroxyl groups is 1. The first kappa shape index (κ1) is 10.8. The fourth-order valence-corrected chi connectivity index (χ4v) is 1.49. The van der Waals surface area contributed by atoms with Gasteiger partial charge in [-0.15, -0.1) is 0 Å². The second kappa shape index (κ2) is 4.28. The molecule has 1 saturated heterocycles. The molecule has 0 saturated carbocycles. The number of amides is 1. The molecule has 1 fully saturated rings. The summed E-state index contributed by atoms with van der Waals surface area (Å²) in [5.41, 5.74) is 0. The van der Waals surface area contributed by atoms with Gasteiger partial charge in [0.15, 0.2) is 0 Å². The molecule has 0 aromatic rings. The predicted octanol–water partition coefficient (Wildman–Crippen LogP) is -0.639. The van der Waals surface area contributed by atoms with Crippen LogP contribution in [0.3, 0.4) is 0 Å². The predicted molar refractivity (Wildman–Crippen MR) is 45.5 cm³/mol. The third kappa shape index (κ3) is 1.95. The van der Waals surface area contributed by atoms with Crippen LogP contribution in [0.4, 0.5) is 4.79 Å². The molecule has 0 bridgehead atoms. The van der Waals surface area contributed by atoms with Gasteiger partial charge in [-0.05, 0) is 0 Å². The summed E-state index contributed by atoms with van der Waals surface area (Å²) < 4.78 is 8.98. The number of methoxy groups -OCH3 is 2. The number of nitrogens with zero attached hydrogens (tertiary/aromatic N) is 1. The summed E-state index contributed by atoms with van der Waals surface area (Å²) in [6.45, 7) is 0.104. The van der Waals surface area contributed by atoms with Crippen molar-refractivity contribution in [1.82, 2.24) is 4.90 Å². The molecule has 0 aliphatic carbocycles. The summed E-state index contributed by atoms with van der Waals surface area (Å²) in [4.78, 5) is 23.5. The van der Waals surface area contributed by atoms with Crippen molar-refractivity contribution in [2.75, 3.05) is 20.8 Å². The average molecular weight is 203 g/mol. The van der Waals surface area contributed by atoms with Crippen molar-refractivity contribution in [3.63, 3.8) is 0 Å². The number of rotatable bonds is 1. The Morgan fingerprint density at radius 2 is 2.00 bits per heavy atom. The van der Waals surface area contributed by atoms with Gasteiger partial charge in [-0.1, -0.05) is 0 Å². The highest BCUT2D eigenvalue weighted by Crippen LogP contribution is 2.19. The van der Waals surface area contributed by atoms with Crippen LogP contribution in [0.15, 0.2) is 0 Å². The number of hydrogen-bond donors (Lipinski definition) is 1. The zero-order valence-corrected chi connectivity index (χ0v) is 8.10. The van der Waals surface area contributed by atoms with Gasteiger partial charge < -0.3 is 14.6 Å². The Morgan fingerprint density at radius 3 is 2.50 bits per heavy atom. The van der Waals surface area contributed by atoms with E-state index in [0.717, 1.165) is 4.90 Å². The van der Waals surface area contributed by atoms with E-state index in [1.54, 1.807) is 0 Å². The zero-order valence-electron chi connectivity index (χ0n) is 8.10. The minimum absolute atomic E-state index is 0.104. The molecule has 1 aliphatic rings. The Morgan fingerprint density at radius 1 is 1.36 bits per heavy atom. The van der Waals surface area contributed by atoms with E-state index in [4.69, 9.17) is 0 Å². The largest absolute Gasteiger partial charge is 0.467 e. The maximum absolute atomic E-state index is 11.2. The van der Waals surface area contributed by atoms with Crippen molar-refractivity contribution < 1.29 is 24.2 Å². The Kier molecular flexibility index (Phi) is 3.29. The van der Waals surface area contributed by atoms with Gasteiger partial charge in [-0.2, -0.15) is 0 Å². The molecule has 0 spiro atoms. The molecule has 80 valence electrons. The molecule has 1 N–H and O–H groups in total. The van der Waals surface area contributed by atoms with Crippen LogP contribution in [-0.4, -0.2) is 55.0 Å². The van der Waals surface area contributed by atoms with E-state index < -0.39 is 24.2 Å². The molecular formula is C8H13NO5. The van der Waals surface area contributed by atoms with E-state index >= 15 is 0 Å². The standard InChI is InChI=1S/C8H13NO5/c1-13-7(11)6-3-5(10)4-9(6)8(12)14-2/h5-6,10H,3-4H2,1-2H3/t5-,6-/m1/s1. The van der Waals surface area contributed by atoms with Crippen LogP contribution < -0.4 is 0 Å². The van der Waals surface area contributed by atoms with Gasteiger partial charge in [0.2, 0.25) is 0 Å². The Labute approximate surface area is 81.4 Å². The van der Waals surface area contributed by atoms with E-state index in [-0.39, 0.29) is 13.0 Å². The number of likely N-dealkylation sites (tertiary alicyclic amines) is 1. The van der Waals surface area contributed by atoms with Gasteiger partial charge in [0.05, 0.1) is 26.9 Å². The van der Waals surface area contributed by atoms with Crippen LogP contribution in [0, 0.1) is 0 Å². The quantitative estimate of drug-likeness (QED) is 0.574. The first-order valence-corrected chi connectivity index (χ1v) is 4.20. The minimum Gasteiger partial charge on any atom is -0.467 e. The van der Waals surface area contributed by atoms with E-state index in [1.807, 2.05) is 0 Å². The Balaban J connectivity index is 2.72. The third-order valence-electron chi connectivity index (χ3n) is 2.16. The molecular weight excluding hydrogens is 190 g/mol. The lowest BCUT2D eigenvalue weighted by Gasteiger charge is -2.20. The molecule has 6 heteroatoms. The molecule has 1 heterocycles. The lowest BCUT2D eigenvalue weighted by Crippen LogP contribution is -2.41. The lowest BCUT2D eigenvalue weighted by molar-refractivity contribution is -0.145. The minimum atomic E-state index is -0.734. The van der Waals surface area contributed by atoms with E-state index in [1.165, 1.54) is 14.2 Å². The van der Waals surface area contributed by atoms with Crippen LogP contribution in [-0.2, 0) is 14.3 Å². The van der Waals surface area contributed by atoms with Crippen LogP contribution in [0.5, 0.6) is 0 Å². The van der Waals surface area contributed by atoms with Crippen molar-refractivity contribution in [2.45, 2.75) is 18.6 Å². The summed E-state index contributed by atoms with van der Waals surface area (Å²) >= 11 is 0. The molecule has 0 aromatic heterocycles. The van der Waals surface area contributed by atoms with Crippen LogP contribution in [0.1, 0.15) is 6.42 Å². The fourth-order valence-electron chi connectivity index (χ4n) is 1.49. The molecule has 2 atom stereocenters. The first-order valence-electron chi connectivity index (χ1n) is 4.20. The summed E-state index contributed by atoms with van der Waals surface area (Å²) in [5, 5.41) is 9.30. The Hall–Kier alpha value is -1.30. The van der Waals surface area contributed by atoms with E-state index in [2.05, 4.69) is 9.47 Å². The van der Waals surface area contributed by atoms with Crippen molar-refractivity contribution in [3.05, 3.63) is 0 Å². The SMILES string of the molecule is COC(=O)[C@H]1C[C@@H](O)CN1C(=O)OC. The number of β-amino-alcohol motifs (C(OH)–C–C–N with tert-alkyl or cyclic N) is 1. The van der Waals surface area contributed by atoms with Crippen molar-refractivity contribution >= 4 is 12.1 Å². The van der Waals surface area contributed by atoms with Crippen molar-refractivity contribution in [1.29, 1.82) is 0 Å². The van der Waals surface area contributed by atoms with Crippen LogP contribution >= 0.6 is 0 Å². The molecule has 6 nitrogen and oxygen atoms in total.